The minimum absolute atomic E-state index is 0.195. The van der Waals surface area contributed by atoms with Crippen LogP contribution in [0.4, 0.5) is 4.39 Å². The molecule has 1 aromatic carbocycles. The molecule has 2 rings (SSSR count). The third-order valence-electron chi connectivity index (χ3n) is 4.34. The molecule has 19 heavy (non-hydrogen) atoms. The van der Waals surface area contributed by atoms with E-state index < -0.39 is 0 Å². The molecule has 1 unspecified atom stereocenters. The smallest absolute Gasteiger partial charge is 0.123 e. The second kappa shape index (κ2) is 7.04. The van der Waals surface area contributed by atoms with Crippen LogP contribution in [0.25, 0.3) is 0 Å². The molecular formula is C17H25FO. The van der Waals surface area contributed by atoms with Crippen LogP contribution in [0.3, 0.4) is 0 Å². The molecule has 1 saturated carbocycles. The van der Waals surface area contributed by atoms with E-state index in [1.165, 1.54) is 44.6 Å². The molecule has 1 fully saturated rings. The molecule has 0 bridgehead atoms. The van der Waals surface area contributed by atoms with Crippen molar-refractivity contribution in [1.82, 2.24) is 0 Å². The Labute approximate surface area is 115 Å². The summed E-state index contributed by atoms with van der Waals surface area (Å²) in [5, 5.41) is 10.2. The third kappa shape index (κ3) is 4.61. The van der Waals surface area contributed by atoms with E-state index in [0.717, 1.165) is 17.5 Å². The summed E-state index contributed by atoms with van der Waals surface area (Å²) in [6, 6.07) is 4.84. The first-order valence-corrected chi connectivity index (χ1v) is 7.58. The molecular weight excluding hydrogens is 239 g/mol. The van der Waals surface area contributed by atoms with Gasteiger partial charge >= 0.3 is 0 Å². The van der Waals surface area contributed by atoms with Crippen molar-refractivity contribution in [3.8, 4) is 0 Å². The normalized spacial score (nSPS) is 19.1. The maximum absolute atomic E-state index is 13.0. The predicted octanol–water partition coefficient (Wildman–Crippen LogP) is 4.40. The van der Waals surface area contributed by atoms with Gasteiger partial charge in [0.15, 0.2) is 0 Å². The fourth-order valence-corrected chi connectivity index (χ4v) is 3.21. The zero-order chi connectivity index (χ0) is 13.7. The van der Waals surface area contributed by atoms with Crippen LogP contribution < -0.4 is 0 Å². The average molecular weight is 264 g/mol. The van der Waals surface area contributed by atoms with Crippen LogP contribution in [0.5, 0.6) is 0 Å². The molecule has 106 valence electrons. The van der Waals surface area contributed by atoms with Crippen molar-refractivity contribution in [2.75, 3.05) is 0 Å². The highest BCUT2D eigenvalue weighted by atomic mass is 19.1. The van der Waals surface area contributed by atoms with E-state index in [-0.39, 0.29) is 11.9 Å². The number of aryl methyl sites for hydroxylation is 1. The molecule has 2 heteroatoms. The van der Waals surface area contributed by atoms with Crippen LogP contribution in [-0.2, 0) is 6.42 Å². The summed E-state index contributed by atoms with van der Waals surface area (Å²) in [5.41, 5.74) is 2.02. The zero-order valence-corrected chi connectivity index (χ0v) is 11.9. The number of aliphatic hydroxyl groups excluding tert-OH is 1. The van der Waals surface area contributed by atoms with E-state index in [4.69, 9.17) is 0 Å². The van der Waals surface area contributed by atoms with E-state index in [1.54, 1.807) is 12.1 Å². The molecule has 0 radical (unpaired) electrons. The number of hydrogen-bond donors (Lipinski definition) is 1. The molecule has 0 aliphatic heterocycles. The summed E-state index contributed by atoms with van der Waals surface area (Å²) in [6.45, 7) is 1.91. The van der Waals surface area contributed by atoms with Gasteiger partial charge in [0.05, 0.1) is 6.10 Å². The molecule has 1 aliphatic carbocycles. The van der Waals surface area contributed by atoms with Crippen LogP contribution in [0, 0.1) is 18.7 Å². The summed E-state index contributed by atoms with van der Waals surface area (Å²) in [7, 11) is 0. The van der Waals surface area contributed by atoms with Gasteiger partial charge in [-0.1, -0.05) is 44.6 Å². The first kappa shape index (κ1) is 14.5. The van der Waals surface area contributed by atoms with Gasteiger partial charge < -0.3 is 5.11 Å². The van der Waals surface area contributed by atoms with Crippen molar-refractivity contribution >= 4 is 0 Å². The largest absolute Gasteiger partial charge is 0.393 e. The molecule has 0 saturated heterocycles. The predicted molar refractivity (Wildman–Crippen MR) is 76.7 cm³/mol. The first-order valence-electron chi connectivity index (χ1n) is 7.58. The highest BCUT2D eigenvalue weighted by molar-refractivity contribution is 5.27. The van der Waals surface area contributed by atoms with Gasteiger partial charge in [0.1, 0.15) is 5.82 Å². The Bertz CT molecular complexity index is 394. The summed E-state index contributed by atoms with van der Waals surface area (Å²) in [5.74, 6) is 0.484. The lowest BCUT2D eigenvalue weighted by Gasteiger charge is -2.19. The topological polar surface area (TPSA) is 20.2 Å². The number of benzene rings is 1. The van der Waals surface area contributed by atoms with Crippen molar-refractivity contribution in [3.05, 3.63) is 35.1 Å². The van der Waals surface area contributed by atoms with E-state index >= 15 is 0 Å². The minimum Gasteiger partial charge on any atom is -0.393 e. The first-order chi connectivity index (χ1) is 9.15. The lowest BCUT2D eigenvalue weighted by atomic mass is 9.90. The van der Waals surface area contributed by atoms with Gasteiger partial charge in [0.25, 0.3) is 0 Å². The standard InChI is InChI=1S/C17H25FO/c1-13-10-16(18)9-8-15(13)12-17(19)11-14-6-4-2-3-5-7-14/h8-10,14,17,19H,2-7,11-12H2,1H3. The maximum atomic E-state index is 13.0. The highest BCUT2D eigenvalue weighted by Gasteiger charge is 2.17. The number of hydrogen-bond acceptors (Lipinski definition) is 1. The number of halogens is 1. The molecule has 0 heterocycles. The second-order valence-corrected chi connectivity index (χ2v) is 6.02. The van der Waals surface area contributed by atoms with Crippen LogP contribution >= 0.6 is 0 Å². The van der Waals surface area contributed by atoms with Crippen molar-refractivity contribution in [2.24, 2.45) is 5.92 Å². The molecule has 1 aliphatic rings. The lowest BCUT2D eigenvalue weighted by molar-refractivity contribution is 0.137. The lowest BCUT2D eigenvalue weighted by Crippen LogP contribution is -2.16. The summed E-state index contributed by atoms with van der Waals surface area (Å²) in [6.07, 6.45) is 9.12. The highest BCUT2D eigenvalue weighted by Crippen LogP contribution is 2.27. The van der Waals surface area contributed by atoms with Crippen LogP contribution in [-0.4, -0.2) is 11.2 Å². The van der Waals surface area contributed by atoms with E-state index in [1.807, 2.05) is 6.92 Å². The summed E-state index contributed by atoms with van der Waals surface area (Å²) >= 11 is 0. The van der Waals surface area contributed by atoms with Gasteiger partial charge in [-0.3, -0.25) is 0 Å². The fraction of sp³-hybridized carbons (Fsp3) is 0.647. The quantitative estimate of drug-likeness (QED) is 0.799. The van der Waals surface area contributed by atoms with Crippen molar-refractivity contribution < 1.29 is 9.50 Å². The van der Waals surface area contributed by atoms with E-state index in [0.29, 0.717) is 12.3 Å². The Morgan fingerprint density at radius 3 is 2.53 bits per heavy atom. The monoisotopic (exact) mass is 264 g/mol. The minimum atomic E-state index is -0.285. The second-order valence-electron chi connectivity index (χ2n) is 6.02. The van der Waals surface area contributed by atoms with Crippen LogP contribution in [0.2, 0.25) is 0 Å². The third-order valence-corrected chi connectivity index (χ3v) is 4.34. The van der Waals surface area contributed by atoms with Crippen molar-refractivity contribution in [3.63, 3.8) is 0 Å². The van der Waals surface area contributed by atoms with E-state index in [9.17, 15) is 9.50 Å². The van der Waals surface area contributed by atoms with Gasteiger partial charge in [0, 0.05) is 0 Å². The molecule has 0 aromatic heterocycles. The Morgan fingerprint density at radius 1 is 1.21 bits per heavy atom. The molecule has 1 nitrogen and oxygen atoms in total. The van der Waals surface area contributed by atoms with Crippen molar-refractivity contribution in [1.29, 1.82) is 0 Å². The number of rotatable bonds is 4. The zero-order valence-electron chi connectivity index (χ0n) is 11.9. The maximum Gasteiger partial charge on any atom is 0.123 e. The van der Waals surface area contributed by atoms with Crippen LogP contribution in [0.1, 0.15) is 56.1 Å². The average Bonchev–Trinajstić information content (AvgIpc) is 2.61. The Hall–Kier alpha value is -0.890. The Morgan fingerprint density at radius 2 is 1.89 bits per heavy atom. The van der Waals surface area contributed by atoms with Gasteiger partial charge in [-0.05, 0) is 48.9 Å². The molecule has 0 spiro atoms. The van der Waals surface area contributed by atoms with Crippen LogP contribution in [0.15, 0.2) is 18.2 Å². The summed E-state index contributed by atoms with van der Waals surface area (Å²) < 4.78 is 13.0. The van der Waals surface area contributed by atoms with Gasteiger partial charge in [-0.15, -0.1) is 0 Å². The van der Waals surface area contributed by atoms with Gasteiger partial charge in [-0.2, -0.15) is 0 Å². The molecule has 1 atom stereocenters. The number of aliphatic hydroxyl groups is 1. The SMILES string of the molecule is Cc1cc(F)ccc1CC(O)CC1CCCCCC1. The fourth-order valence-electron chi connectivity index (χ4n) is 3.21. The molecule has 1 N–H and O–H groups in total. The van der Waals surface area contributed by atoms with Gasteiger partial charge in [0.2, 0.25) is 0 Å². The van der Waals surface area contributed by atoms with Crippen molar-refractivity contribution in [2.45, 2.75) is 64.4 Å². The van der Waals surface area contributed by atoms with E-state index in [2.05, 4.69) is 0 Å². The molecule has 1 aromatic rings. The molecule has 0 amide bonds. The van der Waals surface area contributed by atoms with Gasteiger partial charge in [-0.25, -0.2) is 4.39 Å². The Kier molecular flexibility index (Phi) is 5.38. The Balaban J connectivity index is 1.87. The summed E-state index contributed by atoms with van der Waals surface area (Å²) in [4.78, 5) is 0.